The fraction of sp³-hybridized carbons (Fsp3) is 0.353. The minimum atomic E-state index is -3.64. The van der Waals surface area contributed by atoms with E-state index in [9.17, 15) is 13.2 Å². The van der Waals surface area contributed by atoms with E-state index in [1.54, 1.807) is 29.6 Å². The Balaban J connectivity index is 0.00000243. The third-order valence-electron chi connectivity index (χ3n) is 4.44. The molecule has 0 aliphatic heterocycles. The number of carbonyl (C=O) groups is 1. The molecular weight excluding hydrogens is 394 g/mol. The SMILES string of the molecule is CC(CN)(NC(=O)c1cccc(NS(=O)(=O)c2cccs2)c1)C1CC1.Cl. The molecule has 1 aliphatic rings. The molecule has 1 saturated carbocycles. The molecule has 1 amide bonds. The second-order valence-corrected chi connectivity index (χ2v) is 9.33. The predicted octanol–water partition coefficient (Wildman–Crippen LogP) is 2.83. The summed E-state index contributed by atoms with van der Waals surface area (Å²) < 4.78 is 27.3. The predicted molar refractivity (Wildman–Crippen MR) is 106 cm³/mol. The Hall–Kier alpha value is -1.61. The Bertz CT molecular complexity index is 867. The maximum absolute atomic E-state index is 12.6. The molecule has 0 bridgehead atoms. The van der Waals surface area contributed by atoms with Crippen LogP contribution >= 0.6 is 23.7 Å². The number of anilines is 1. The van der Waals surface area contributed by atoms with Gasteiger partial charge in [0, 0.05) is 17.8 Å². The van der Waals surface area contributed by atoms with E-state index in [1.165, 1.54) is 12.1 Å². The van der Waals surface area contributed by atoms with Gasteiger partial charge in [0.15, 0.2) is 0 Å². The number of rotatable bonds is 7. The first-order valence-electron chi connectivity index (χ1n) is 8.03. The van der Waals surface area contributed by atoms with Gasteiger partial charge >= 0.3 is 0 Å². The average molecular weight is 416 g/mol. The van der Waals surface area contributed by atoms with Crippen molar-refractivity contribution < 1.29 is 13.2 Å². The molecular formula is C17H22ClN3O3S2. The lowest BCUT2D eigenvalue weighted by Crippen LogP contribution is -2.53. The van der Waals surface area contributed by atoms with Gasteiger partial charge in [-0.2, -0.15) is 0 Å². The molecule has 2 aromatic rings. The van der Waals surface area contributed by atoms with Crippen LogP contribution in [0.2, 0.25) is 0 Å². The van der Waals surface area contributed by atoms with Gasteiger partial charge < -0.3 is 11.1 Å². The second kappa shape index (κ2) is 7.96. The van der Waals surface area contributed by atoms with Crippen molar-refractivity contribution in [1.82, 2.24) is 5.32 Å². The lowest BCUT2D eigenvalue weighted by Gasteiger charge is -2.29. The normalized spacial score (nSPS) is 16.2. The van der Waals surface area contributed by atoms with E-state index in [1.807, 2.05) is 6.92 Å². The zero-order valence-electron chi connectivity index (χ0n) is 14.3. The van der Waals surface area contributed by atoms with E-state index in [4.69, 9.17) is 5.73 Å². The van der Waals surface area contributed by atoms with E-state index in [0.29, 0.717) is 23.7 Å². The maximum atomic E-state index is 12.6. The molecule has 1 atom stereocenters. The molecule has 1 aliphatic carbocycles. The maximum Gasteiger partial charge on any atom is 0.271 e. The van der Waals surface area contributed by atoms with Crippen molar-refractivity contribution in [2.45, 2.75) is 29.5 Å². The molecule has 1 unspecified atom stereocenters. The Morgan fingerprint density at radius 1 is 1.31 bits per heavy atom. The van der Waals surface area contributed by atoms with Crippen LogP contribution in [0.3, 0.4) is 0 Å². The number of hydrogen-bond donors (Lipinski definition) is 3. The number of hydrogen-bond acceptors (Lipinski definition) is 5. The highest BCUT2D eigenvalue weighted by Gasteiger charge is 2.41. The third-order valence-corrected chi connectivity index (χ3v) is 7.22. The van der Waals surface area contributed by atoms with E-state index in [0.717, 1.165) is 24.2 Å². The number of carbonyl (C=O) groups excluding carboxylic acids is 1. The third kappa shape index (κ3) is 4.56. The molecule has 9 heteroatoms. The molecule has 26 heavy (non-hydrogen) atoms. The van der Waals surface area contributed by atoms with Crippen molar-refractivity contribution in [3.63, 3.8) is 0 Å². The number of amides is 1. The van der Waals surface area contributed by atoms with Crippen LogP contribution in [0.4, 0.5) is 5.69 Å². The highest BCUT2D eigenvalue weighted by Crippen LogP contribution is 2.39. The van der Waals surface area contributed by atoms with E-state index < -0.39 is 15.6 Å². The lowest BCUT2D eigenvalue weighted by molar-refractivity contribution is 0.0898. The number of halogens is 1. The number of thiophene rings is 1. The molecule has 0 radical (unpaired) electrons. The van der Waals surface area contributed by atoms with Crippen LogP contribution in [0.25, 0.3) is 0 Å². The van der Waals surface area contributed by atoms with Crippen molar-refractivity contribution in [3.8, 4) is 0 Å². The summed E-state index contributed by atoms with van der Waals surface area (Å²) in [5.41, 5.74) is 6.15. The Morgan fingerprint density at radius 2 is 2.04 bits per heavy atom. The van der Waals surface area contributed by atoms with Crippen molar-refractivity contribution in [1.29, 1.82) is 0 Å². The summed E-state index contributed by atoms with van der Waals surface area (Å²) in [4.78, 5) is 12.6. The van der Waals surface area contributed by atoms with Crippen LogP contribution in [-0.2, 0) is 10.0 Å². The minimum Gasteiger partial charge on any atom is -0.345 e. The Morgan fingerprint density at radius 3 is 2.62 bits per heavy atom. The molecule has 0 spiro atoms. The quantitative estimate of drug-likeness (QED) is 0.647. The zero-order valence-corrected chi connectivity index (χ0v) is 16.7. The monoisotopic (exact) mass is 415 g/mol. The van der Waals surface area contributed by atoms with E-state index >= 15 is 0 Å². The average Bonchev–Trinajstić information content (AvgIpc) is 3.29. The van der Waals surface area contributed by atoms with Gasteiger partial charge in [0.05, 0.1) is 5.54 Å². The van der Waals surface area contributed by atoms with Gasteiger partial charge in [0.25, 0.3) is 15.9 Å². The van der Waals surface area contributed by atoms with Gasteiger partial charge in [0.2, 0.25) is 0 Å². The summed E-state index contributed by atoms with van der Waals surface area (Å²) in [7, 11) is -3.64. The van der Waals surface area contributed by atoms with Gasteiger partial charge in [0.1, 0.15) is 4.21 Å². The van der Waals surface area contributed by atoms with Crippen molar-refractivity contribution in [2.75, 3.05) is 11.3 Å². The van der Waals surface area contributed by atoms with Crippen LogP contribution in [-0.4, -0.2) is 26.4 Å². The summed E-state index contributed by atoms with van der Waals surface area (Å²) in [6, 6.07) is 9.66. The first kappa shape index (κ1) is 20.7. The van der Waals surface area contributed by atoms with Gasteiger partial charge in [-0.3, -0.25) is 9.52 Å². The van der Waals surface area contributed by atoms with Crippen molar-refractivity contribution in [2.24, 2.45) is 11.7 Å². The van der Waals surface area contributed by atoms with Crippen LogP contribution in [0.15, 0.2) is 46.0 Å². The summed E-state index contributed by atoms with van der Waals surface area (Å²) in [5, 5.41) is 4.70. The summed E-state index contributed by atoms with van der Waals surface area (Å²) in [5.74, 6) is 0.152. The molecule has 4 N–H and O–H groups in total. The van der Waals surface area contributed by atoms with Crippen LogP contribution in [0.1, 0.15) is 30.1 Å². The standard InChI is InChI=1S/C17H21N3O3S2.ClH/c1-17(11-18,13-7-8-13)19-16(21)12-4-2-5-14(10-12)20-25(22,23)15-6-3-9-24-15;/h2-6,9-10,13,20H,7-8,11,18H2,1H3,(H,19,21);1H. The molecule has 1 fully saturated rings. The zero-order chi connectivity index (χ0) is 18.1. The first-order chi connectivity index (χ1) is 11.8. The van der Waals surface area contributed by atoms with Gasteiger partial charge in [-0.1, -0.05) is 12.1 Å². The molecule has 0 saturated heterocycles. The summed E-state index contributed by atoms with van der Waals surface area (Å²) >= 11 is 1.14. The van der Waals surface area contributed by atoms with Crippen molar-refractivity contribution in [3.05, 3.63) is 47.3 Å². The Kier molecular flexibility index (Phi) is 6.33. The van der Waals surface area contributed by atoms with Crippen molar-refractivity contribution >= 4 is 45.4 Å². The minimum absolute atomic E-state index is 0. The summed E-state index contributed by atoms with van der Waals surface area (Å²) in [6.07, 6.45) is 2.13. The van der Waals surface area contributed by atoms with E-state index in [-0.39, 0.29) is 22.5 Å². The molecule has 1 aromatic heterocycles. The number of nitrogens with two attached hydrogens (primary N) is 1. The smallest absolute Gasteiger partial charge is 0.271 e. The topological polar surface area (TPSA) is 101 Å². The van der Waals surface area contributed by atoms with Crippen LogP contribution < -0.4 is 15.8 Å². The lowest BCUT2D eigenvalue weighted by atomic mass is 9.95. The molecule has 1 aromatic carbocycles. The van der Waals surface area contributed by atoms with Crippen LogP contribution in [0, 0.1) is 5.92 Å². The van der Waals surface area contributed by atoms with Gasteiger partial charge in [-0.25, -0.2) is 8.42 Å². The first-order valence-corrected chi connectivity index (χ1v) is 10.4. The van der Waals surface area contributed by atoms with Gasteiger partial charge in [-0.15, -0.1) is 23.7 Å². The highest BCUT2D eigenvalue weighted by atomic mass is 35.5. The molecule has 6 nitrogen and oxygen atoms in total. The fourth-order valence-corrected chi connectivity index (χ4v) is 4.76. The fourth-order valence-electron chi connectivity index (χ4n) is 2.72. The summed E-state index contributed by atoms with van der Waals surface area (Å²) in [6.45, 7) is 2.32. The molecule has 1 heterocycles. The largest absolute Gasteiger partial charge is 0.345 e. The van der Waals surface area contributed by atoms with E-state index in [2.05, 4.69) is 10.0 Å². The number of nitrogens with one attached hydrogen (secondary N) is 2. The molecule has 3 rings (SSSR count). The second-order valence-electron chi connectivity index (χ2n) is 6.47. The van der Waals surface area contributed by atoms with Crippen LogP contribution in [0.5, 0.6) is 0 Å². The van der Waals surface area contributed by atoms with Gasteiger partial charge in [-0.05, 0) is 55.3 Å². The Labute approximate surface area is 163 Å². The molecule has 142 valence electrons. The highest BCUT2D eigenvalue weighted by molar-refractivity contribution is 7.94. The number of benzene rings is 1. The number of sulfonamides is 1.